The first kappa shape index (κ1) is 20.5. The number of nitrogens with zero attached hydrogens (tertiary/aromatic N) is 2. The molecule has 0 saturated carbocycles. The minimum absolute atomic E-state index is 0. The molecule has 0 aliphatic carbocycles. The molecular formula is C20H31ClN2OS. The highest BCUT2D eigenvalue weighted by atomic mass is 35.5. The van der Waals surface area contributed by atoms with E-state index in [0.717, 1.165) is 36.1 Å². The van der Waals surface area contributed by atoms with Gasteiger partial charge >= 0.3 is 4.87 Å². The fourth-order valence-electron chi connectivity index (χ4n) is 3.67. The molecule has 3 nitrogen and oxygen atoms in total. The molecule has 3 rings (SSSR count). The predicted octanol–water partition coefficient (Wildman–Crippen LogP) is 5.09. The molecule has 1 aliphatic rings. The Kier molecular flexibility index (Phi) is 8.47. The normalized spacial score (nSPS) is 15.9. The molecule has 25 heavy (non-hydrogen) atoms. The molecule has 0 N–H and O–H groups in total. The maximum absolute atomic E-state index is 12.4. The Labute approximate surface area is 161 Å². The third-order valence-electron chi connectivity index (χ3n) is 5.11. The zero-order valence-corrected chi connectivity index (χ0v) is 17.0. The highest BCUT2D eigenvalue weighted by molar-refractivity contribution is 7.16. The van der Waals surface area contributed by atoms with Gasteiger partial charge in [-0.2, -0.15) is 0 Å². The monoisotopic (exact) mass is 382 g/mol. The summed E-state index contributed by atoms with van der Waals surface area (Å²) in [6.07, 6.45) is 10.1. The number of benzene rings is 1. The number of hydrogen-bond donors (Lipinski definition) is 0. The van der Waals surface area contributed by atoms with Crippen molar-refractivity contribution in [1.82, 2.24) is 9.47 Å². The van der Waals surface area contributed by atoms with Crippen molar-refractivity contribution in [1.29, 1.82) is 0 Å². The van der Waals surface area contributed by atoms with Gasteiger partial charge in [-0.05, 0) is 69.4 Å². The second-order valence-corrected chi connectivity index (χ2v) is 8.03. The number of likely N-dealkylation sites (tertiary alicyclic amines) is 1. The number of unbranched alkanes of at least 4 members (excludes halogenated alkanes) is 1. The van der Waals surface area contributed by atoms with Gasteiger partial charge in [-0.25, -0.2) is 0 Å². The summed E-state index contributed by atoms with van der Waals surface area (Å²) >= 11 is 1.41. The highest BCUT2D eigenvalue weighted by Crippen LogP contribution is 2.20. The largest absolute Gasteiger partial charge is 0.308 e. The number of rotatable bonds is 7. The zero-order valence-electron chi connectivity index (χ0n) is 15.3. The molecule has 1 aromatic carbocycles. The van der Waals surface area contributed by atoms with Gasteiger partial charge in [0.25, 0.3) is 0 Å². The lowest BCUT2D eigenvalue weighted by Crippen LogP contribution is -2.27. The summed E-state index contributed by atoms with van der Waals surface area (Å²) in [5, 5.41) is 0. The summed E-state index contributed by atoms with van der Waals surface area (Å²) in [6, 6.07) is 6.59. The van der Waals surface area contributed by atoms with Crippen LogP contribution in [0.1, 0.15) is 57.4 Å². The molecular weight excluding hydrogens is 352 g/mol. The van der Waals surface area contributed by atoms with E-state index in [1.165, 1.54) is 68.5 Å². The molecule has 0 radical (unpaired) electrons. The van der Waals surface area contributed by atoms with Crippen molar-refractivity contribution in [2.24, 2.45) is 0 Å². The molecule has 140 valence electrons. The Morgan fingerprint density at radius 1 is 1.04 bits per heavy atom. The average molecular weight is 383 g/mol. The van der Waals surface area contributed by atoms with Crippen molar-refractivity contribution in [3.8, 4) is 0 Å². The van der Waals surface area contributed by atoms with Gasteiger partial charge in [0.2, 0.25) is 0 Å². The number of fused-ring (bicyclic) bond motifs is 1. The van der Waals surface area contributed by atoms with Crippen molar-refractivity contribution in [2.45, 2.75) is 64.8 Å². The van der Waals surface area contributed by atoms with E-state index in [4.69, 9.17) is 0 Å². The Hall–Kier alpha value is -0.840. The lowest BCUT2D eigenvalue weighted by molar-refractivity contribution is 0.276. The molecule has 1 fully saturated rings. The van der Waals surface area contributed by atoms with E-state index in [-0.39, 0.29) is 17.3 Å². The van der Waals surface area contributed by atoms with Crippen molar-refractivity contribution in [3.05, 3.63) is 33.4 Å². The molecule has 0 spiro atoms. The quantitative estimate of drug-likeness (QED) is 0.666. The maximum Gasteiger partial charge on any atom is 0.308 e. The topological polar surface area (TPSA) is 25.2 Å². The summed E-state index contributed by atoms with van der Waals surface area (Å²) in [5.74, 6) is 0. The van der Waals surface area contributed by atoms with Crippen LogP contribution in [0, 0.1) is 0 Å². The molecule has 0 unspecified atom stereocenters. The van der Waals surface area contributed by atoms with Crippen molar-refractivity contribution < 1.29 is 0 Å². The van der Waals surface area contributed by atoms with E-state index >= 15 is 0 Å². The van der Waals surface area contributed by atoms with Crippen LogP contribution in [0.4, 0.5) is 0 Å². The SMILES string of the molecule is CCCCc1ccc2c(c1)sc(=O)n2CCCN1CCCCCC1.Cl. The Morgan fingerprint density at radius 3 is 2.52 bits per heavy atom. The summed E-state index contributed by atoms with van der Waals surface area (Å²) < 4.78 is 3.14. The first-order valence-corrected chi connectivity index (χ1v) is 10.4. The fourth-order valence-corrected chi connectivity index (χ4v) is 4.65. The Morgan fingerprint density at radius 2 is 1.80 bits per heavy atom. The molecule has 1 aliphatic heterocycles. The molecule has 0 atom stereocenters. The van der Waals surface area contributed by atoms with Gasteiger partial charge in [0.15, 0.2) is 0 Å². The summed E-state index contributed by atoms with van der Waals surface area (Å²) in [4.78, 5) is 15.2. The minimum atomic E-state index is 0. The fraction of sp³-hybridized carbons (Fsp3) is 0.650. The molecule has 0 bridgehead atoms. The van der Waals surface area contributed by atoms with Crippen molar-refractivity contribution >= 4 is 34.0 Å². The summed E-state index contributed by atoms with van der Waals surface area (Å²) in [7, 11) is 0. The standard InChI is InChI=1S/C20H30N2OS.ClH/c1-2-3-9-17-10-11-18-19(16-17)24-20(23)22(18)15-8-14-21-12-6-4-5-7-13-21;/h10-11,16H,2-9,12-15H2,1H3;1H. The summed E-state index contributed by atoms with van der Waals surface area (Å²) in [6.45, 7) is 6.67. The van der Waals surface area contributed by atoms with E-state index < -0.39 is 0 Å². The number of hydrogen-bond acceptors (Lipinski definition) is 3. The van der Waals surface area contributed by atoms with Crippen LogP contribution >= 0.6 is 23.7 Å². The Bertz CT molecular complexity index is 701. The zero-order chi connectivity index (χ0) is 16.8. The number of aromatic nitrogens is 1. The molecule has 2 heterocycles. The van der Waals surface area contributed by atoms with Crippen LogP contribution in [-0.2, 0) is 13.0 Å². The van der Waals surface area contributed by atoms with Gasteiger partial charge in [0.1, 0.15) is 0 Å². The Balaban J connectivity index is 0.00000225. The number of aryl methyl sites for hydroxylation is 2. The van der Waals surface area contributed by atoms with Gasteiger partial charge < -0.3 is 4.90 Å². The van der Waals surface area contributed by atoms with Crippen LogP contribution in [0.2, 0.25) is 0 Å². The van der Waals surface area contributed by atoms with Crippen LogP contribution in [0.15, 0.2) is 23.0 Å². The van der Waals surface area contributed by atoms with Crippen molar-refractivity contribution in [2.75, 3.05) is 19.6 Å². The molecule has 2 aromatic rings. The van der Waals surface area contributed by atoms with Gasteiger partial charge in [-0.3, -0.25) is 9.36 Å². The van der Waals surface area contributed by atoms with E-state index in [9.17, 15) is 4.79 Å². The minimum Gasteiger partial charge on any atom is -0.303 e. The van der Waals surface area contributed by atoms with Crippen molar-refractivity contribution in [3.63, 3.8) is 0 Å². The third kappa shape index (κ3) is 5.57. The second kappa shape index (κ2) is 10.3. The van der Waals surface area contributed by atoms with E-state index in [1.54, 1.807) is 0 Å². The predicted molar refractivity (Wildman–Crippen MR) is 111 cm³/mol. The summed E-state index contributed by atoms with van der Waals surface area (Å²) in [5.41, 5.74) is 2.49. The van der Waals surface area contributed by atoms with Crippen LogP contribution in [0.3, 0.4) is 0 Å². The van der Waals surface area contributed by atoms with Gasteiger partial charge in [0, 0.05) is 6.54 Å². The van der Waals surface area contributed by atoms with Crippen LogP contribution in [-0.4, -0.2) is 29.1 Å². The van der Waals surface area contributed by atoms with Crippen LogP contribution in [0.25, 0.3) is 10.2 Å². The third-order valence-corrected chi connectivity index (χ3v) is 6.05. The number of thiazole rings is 1. The first-order valence-electron chi connectivity index (χ1n) is 9.62. The van der Waals surface area contributed by atoms with Gasteiger partial charge in [-0.1, -0.05) is 43.6 Å². The molecule has 1 aromatic heterocycles. The van der Waals surface area contributed by atoms with Crippen LogP contribution < -0.4 is 4.87 Å². The van der Waals surface area contributed by atoms with E-state index in [0.29, 0.717) is 0 Å². The molecule has 1 saturated heterocycles. The second-order valence-electron chi connectivity index (χ2n) is 7.03. The van der Waals surface area contributed by atoms with E-state index in [2.05, 4.69) is 30.0 Å². The number of halogens is 1. The molecule has 0 amide bonds. The molecule has 5 heteroatoms. The lowest BCUT2D eigenvalue weighted by atomic mass is 10.1. The highest BCUT2D eigenvalue weighted by Gasteiger charge is 2.11. The maximum atomic E-state index is 12.4. The lowest BCUT2D eigenvalue weighted by Gasteiger charge is -2.19. The van der Waals surface area contributed by atoms with Gasteiger partial charge in [0.05, 0.1) is 10.2 Å². The van der Waals surface area contributed by atoms with Crippen LogP contribution in [0.5, 0.6) is 0 Å². The first-order chi connectivity index (χ1) is 11.8. The average Bonchev–Trinajstić information content (AvgIpc) is 2.76. The smallest absolute Gasteiger partial charge is 0.303 e. The van der Waals surface area contributed by atoms with Gasteiger partial charge in [-0.15, -0.1) is 12.4 Å². The van der Waals surface area contributed by atoms with E-state index in [1.807, 2.05) is 4.57 Å².